The van der Waals surface area contributed by atoms with Gasteiger partial charge in [-0.1, -0.05) is 47.9 Å². The second-order valence-electron chi connectivity index (χ2n) is 4.65. The average molecular weight is 268 g/mol. The van der Waals surface area contributed by atoms with Crippen LogP contribution in [0.3, 0.4) is 0 Å². The first-order valence-corrected chi connectivity index (χ1v) is 6.70. The zero-order valence-corrected chi connectivity index (χ0v) is 11.7. The van der Waals surface area contributed by atoms with E-state index in [4.69, 9.17) is 9.76 Å². The van der Waals surface area contributed by atoms with Crippen LogP contribution in [0.5, 0.6) is 0 Å². The predicted octanol–water partition coefficient (Wildman–Crippen LogP) is 1.58. The number of rotatable bonds is 7. The van der Waals surface area contributed by atoms with E-state index < -0.39 is 0 Å². The normalized spacial score (nSPS) is 10.3. The third-order valence-corrected chi connectivity index (χ3v) is 3.12. The van der Waals surface area contributed by atoms with Gasteiger partial charge in [-0.25, -0.2) is 0 Å². The number of aliphatic hydroxyl groups is 1. The van der Waals surface area contributed by atoms with E-state index in [1.807, 2.05) is 42.5 Å². The van der Waals surface area contributed by atoms with Gasteiger partial charge in [0.15, 0.2) is 0 Å². The molecular formula is C16H19BNO2. The number of para-hydroxylation sites is 1. The van der Waals surface area contributed by atoms with Crippen molar-refractivity contribution in [2.45, 2.75) is 6.61 Å². The maximum atomic E-state index is 8.96. The molecule has 0 aliphatic rings. The Balaban J connectivity index is 1.70. The Morgan fingerprint density at radius 3 is 2.40 bits per heavy atom. The van der Waals surface area contributed by atoms with Crippen LogP contribution in [0.25, 0.3) is 0 Å². The molecule has 0 saturated heterocycles. The molecule has 4 heteroatoms. The van der Waals surface area contributed by atoms with Crippen LogP contribution in [0.15, 0.2) is 54.6 Å². The lowest BCUT2D eigenvalue weighted by Crippen LogP contribution is -2.26. The van der Waals surface area contributed by atoms with Gasteiger partial charge in [0.1, 0.15) is 0 Å². The smallest absolute Gasteiger partial charge is 0.330 e. The van der Waals surface area contributed by atoms with Crippen molar-refractivity contribution in [3.8, 4) is 0 Å². The summed E-state index contributed by atoms with van der Waals surface area (Å²) in [5, 5.41) is 8.96. The molecule has 2 aromatic rings. The molecule has 0 aliphatic heterocycles. The summed E-state index contributed by atoms with van der Waals surface area (Å²) in [7, 11) is 3.80. The highest BCUT2D eigenvalue weighted by Crippen LogP contribution is 2.09. The predicted molar refractivity (Wildman–Crippen MR) is 83.4 cm³/mol. The summed E-state index contributed by atoms with van der Waals surface area (Å²) in [6.07, 6.45) is 0. The van der Waals surface area contributed by atoms with E-state index in [0.717, 1.165) is 17.6 Å². The topological polar surface area (TPSA) is 32.7 Å². The maximum absolute atomic E-state index is 8.96. The van der Waals surface area contributed by atoms with Crippen molar-refractivity contribution in [3.05, 3.63) is 60.2 Å². The molecule has 3 nitrogen and oxygen atoms in total. The highest BCUT2D eigenvalue weighted by atomic mass is 16.4. The van der Waals surface area contributed by atoms with Crippen molar-refractivity contribution in [3.63, 3.8) is 0 Å². The minimum atomic E-state index is 0.0724. The van der Waals surface area contributed by atoms with Gasteiger partial charge in [0, 0.05) is 25.9 Å². The van der Waals surface area contributed by atoms with Gasteiger partial charge >= 0.3 is 7.48 Å². The number of likely N-dealkylation sites (N-methyl/N-ethyl adjacent to an activating group) is 1. The summed E-state index contributed by atoms with van der Waals surface area (Å²) in [5.74, 6) is 0. The van der Waals surface area contributed by atoms with E-state index >= 15 is 0 Å². The number of anilines is 1. The third-order valence-electron chi connectivity index (χ3n) is 3.12. The maximum Gasteiger partial charge on any atom is 0.330 e. The molecule has 0 saturated carbocycles. The fourth-order valence-corrected chi connectivity index (χ4v) is 1.86. The van der Waals surface area contributed by atoms with Gasteiger partial charge in [-0.05, 0) is 17.7 Å². The van der Waals surface area contributed by atoms with Gasteiger partial charge in [-0.2, -0.15) is 0 Å². The molecule has 2 rings (SSSR count). The monoisotopic (exact) mass is 268 g/mol. The number of nitrogens with zero attached hydrogens (tertiary/aromatic N) is 1. The van der Waals surface area contributed by atoms with Crippen LogP contribution < -0.4 is 10.4 Å². The van der Waals surface area contributed by atoms with Gasteiger partial charge in [-0.15, -0.1) is 0 Å². The molecule has 0 atom stereocenters. The minimum absolute atomic E-state index is 0.0724. The highest BCUT2D eigenvalue weighted by molar-refractivity contribution is 6.46. The van der Waals surface area contributed by atoms with Crippen molar-refractivity contribution in [2.24, 2.45) is 0 Å². The summed E-state index contributed by atoms with van der Waals surface area (Å²) in [5.41, 5.74) is 3.10. The van der Waals surface area contributed by atoms with Gasteiger partial charge < -0.3 is 14.7 Å². The van der Waals surface area contributed by atoms with Gasteiger partial charge in [0.05, 0.1) is 6.61 Å². The summed E-state index contributed by atoms with van der Waals surface area (Å²) >= 11 is 0. The first-order chi connectivity index (χ1) is 9.79. The van der Waals surface area contributed by atoms with E-state index in [1.165, 1.54) is 5.69 Å². The molecule has 2 aromatic carbocycles. The number of aliphatic hydroxyl groups excluding tert-OH is 1. The van der Waals surface area contributed by atoms with E-state index in [9.17, 15) is 0 Å². The molecule has 0 spiro atoms. The summed E-state index contributed by atoms with van der Waals surface area (Å²) < 4.78 is 5.56. The summed E-state index contributed by atoms with van der Waals surface area (Å²) in [6, 6.07) is 17.9. The molecule has 0 amide bonds. The van der Waals surface area contributed by atoms with Gasteiger partial charge in [0.2, 0.25) is 0 Å². The van der Waals surface area contributed by atoms with Crippen molar-refractivity contribution >= 4 is 18.6 Å². The summed E-state index contributed by atoms with van der Waals surface area (Å²) in [6.45, 7) is 1.53. The number of hydrogen-bond acceptors (Lipinski definition) is 3. The molecular weight excluding hydrogens is 249 g/mol. The third kappa shape index (κ3) is 4.40. The van der Waals surface area contributed by atoms with E-state index in [1.54, 1.807) is 7.48 Å². The molecule has 20 heavy (non-hydrogen) atoms. The molecule has 0 bridgehead atoms. The molecule has 1 N–H and O–H groups in total. The molecule has 1 radical (unpaired) electrons. The Kier molecular flexibility index (Phi) is 5.65. The van der Waals surface area contributed by atoms with Gasteiger partial charge in [0.25, 0.3) is 0 Å². The standard InChI is InChI=1S/C16H19BNO2/c1-18(16-5-3-2-4-6-16)11-12-20-17-15-9-7-14(13-19)8-10-15/h2-10,19H,11-13H2,1H3. The van der Waals surface area contributed by atoms with E-state index in [-0.39, 0.29) is 6.61 Å². The fourth-order valence-electron chi connectivity index (χ4n) is 1.86. The van der Waals surface area contributed by atoms with Crippen molar-refractivity contribution in [1.29, 1.82) is 0 Å². The average Bonchev–Trinajstić information content (AvgIpc) is 2.53. The second kappa shape index (κ2) is 7.73. The first-order valence-electron chi connectivity index (χ1n) is 6.70. The van der Waals surface area contributed by atoms with Crippen molar-refractivity contribution in [2.75, 3.05) is 25.1 Å². The van der Waals surface area contributed by atoms with Crippen LogP contribution in [0.4, 0.5) is 5.69 Å². The van der Waals surface area contributed by atoms with Crippen molar-refractivity contribution in [1.82, 2.24) is 0 Å². The van der Waals surface area contributed by atoms with Crippen LogP contribution in [-0.2, 0) is 11.3 Å². The van der Waals surface area contributed by atoms with E-state index in [0.29, 0.717) is 6.61 Å². The highest BCUT2D eigenvalue weighted by Gasteiger charge is 2.01. The molecule has 0 aromatic heterocycles. The van der Waals surface area contributed by atoms with Crippen LogP contribution in [0.1, 0.15) is 5.56 Å². The molecule has 0 aliphatic carbocycles. The molecule has 0 fully saturated rings. The lowest BCUT2D eigenvalue weighted by Gasteiger charge is -2.19. The van der Waals surface area contributed by atoms with E-state index in [2.05, 4.69) is 24.1 Å². The Morgan fingerprint density at radius 2 is 1.75 bits per heavy atom. The zero-order valence-electron chi connectivity index (χ0n) is 11.7. The first kappa shape index (κ1) is 14.6. The summed E-state index contributed by atoms with van der Waals surface area (Å²) in [4.78, 5) is 2.16. The number of benzene rings is 2. The molecule has 0 heterocycles. The van der Waals surface area contributed by atoms with Crippen LogP contribution in [0, 0.1) is 0 Å². The largest absolute Gasteiger partial charge is 0.432 e. The SMILES string of the molecule is CN(CCO[B]c1ccc(CO)cc1)c1ccccc1. The second-order valence-corrected chi connectivity index (χ2v) is 4.65. The van der Waals surface area contributed by atoms with Crippen LogP contribution >= 0.6 is 0 Å². The Hall–Kier alpha value is -1.78. The lowest BCUT2D eigenvalue weighted by molar-refractivity contribution is 0.282. The van der Waals surface area contributed by atoms with Crippen LogP contribution in [0.2, 0.25) is 0 Å². The zero-order chi connectivity index (χ0) is 14.2. The Labute approximate surface area is 121 Å². The molecule has 0 unspecified atom stereocenters. The van der Waals surface area contributed by atoms with Gasteiger partial charge in [-0.3, -0.25) is 0 Å². The quantitative estimate of drug-likeness (QED) is 0.611. The minimum Gasteiger partial charge on any atom is -0.432 e. The van der Waals surface area contributed by atoms with Crippen molar-refractivity contribution < 1.29 is 9.76 Å². The van der Waals surface area contributed by atoms with Crippen LogP contribution in [-0.4, -0.2) is 32.8 Å². The number of hydrogen-bond donors (Lipinski definition) is 1. The molecule has 103 valence electrons. The fraction of sp³-hybridized carbons (Fsp3) is 0.250. The Bertz CT molecular complexity index is 502. The lowest BCUT2D eigenvalue weighted by atomic mass is 9.87. The Morgan fingerprint density at radius 1 is 1.05 bits per heavy atom.